The van der Waals surface area contributed by atoms with Crippen molar-refractivity contribution in [3.8, 4) is 17.2 Å². The topological polar surface area (TPSA) is 94.2 Å². The fraction of sp³-hybridized carbons (Fsp3) is 0.147. The molecule has 0 aromatic heterocycles. The molecule has 42 heavy (non-hydrogen) atoms. The molecule has 8 heteroatoms. The van der Waals surface area contributed by atoms with Crippen LogP contribution in [0.3, 0.4) is 0 Å². The maximum absolute atomic E-state index is 13.5. The molecule has 4 amide bonds. The summed E-state index contributed by atoms with van der Waals surface area (Å²) in [5.74, 6) is 0.00161. The summed E-state index contributed by atoms with van der Waals surface area (Å²) >= 11 is 0. The summed E-state index contributed by atoms with van der Waals surface area (Å²) in [6.45, 7) is 4.66. The minimum Gasteiger partial charge on any atom is -0.497 e. The molecule has 0 saturated carbocycles. The molecule has 1 aliphatic rings. The third-order valence-corrected chi connectivity index (χ3v) is 6.72. The molecule has 8 nitrogen and oxygen atoms in total. The molecule has 4 aromatic rings. The highest BCUT2D eigenvalue weighted by atomic mass is 16.5. The monoisotopic (exact) mass is 562 g/mol. The lowest BCUT2D eigenvalue weighted by atomic mass is 10.1. The Morgan fingerprint density at radius 2 is 1.45 bits per heavy atom. The van der Waals surface area contributed by atoms with E-state index in [1.54, 1.807) is 42.5 Å². The molecule has 1 heterocycles. The van der Waals surface area contributed by atoms with Gasteiger partial charge in [-0.1, -0.05) is 59.7 Å². The van der Waals surface area contributed by atoms with Crippen molar-refractivity contribution in [2.45, 2.75) is 27.1 Å². The van der Waals surface area contributed by atoms with Crippen LogP contribution in [0.5, 0.6) is 17.2 Å². The zero-order chi connectivity index (χ0) is 29.6. The number of nitrogens with zero attached hydrogens (tertiary/aromatic N) is 1. The number of ether oxygens (including phenoxy) is 3. The number of rotatable bonds is 9. The van der Waals surface area contributed by atoms with E-state index in [1.807, 2.05) is 62.4 Å². The van der Waals surface area contributed by atoms with E-state index in [2.05, 4.69) is 5.32 Å². The average molecular weight is 563 g/mol. The molecule has 4 aromatic carbocycles. The lowest BCUT2D eigenvalue weighted by Crippen LogP contribution is -2.54. The summed E-state index contributed by atoms with van der Waals surface area (Å²) in [4.78, 5) is 40.0. The Bertz CT molecular complexity index is 1660. The standard InChI is InChI=1S/C34H30N2O6/c1-22-7-9-24(10-8-22)20-41-28-15-12-27(13-16-28)36-33(38)30(32(37)35-34(36)39)18-26-11-14-29(40-3)19-31(26)42-21-25-6-4-5-23(2)17-25/h4-19H,20-21H2,1-3H3,(H,35,37,39)/b30-18+. The fourth-order valence-corrected chi connectivity index (χ4v) is 4.44. The highest BCUT2D eigenvalue weighted by Crippen LogP contribution is 2.30. The Morgan fingerprint density at radius 1 is 0.738 bits per heavy atom. The van der Waals surface area contributed by atoms with E-state index in [9.17, 15) is 14.4 Å². The SMILES string of the molecule is COc1ccc(/C=C2\C(=O)NC(=O)N(c3ccc(OCc4ccc(C)cc4)cc3)C2=O)c(OCc2cccc(C)c2)c1. The minimum atomic E-state index is -0.832. The van der Waals surface area contributed by atoms with Crippen molar-refractivity contribution in [3.05, 3.63) is 124 Å². The number of amides is 4. The van der Waals surface area contributed by atoms with E-state index in [4.69, 9.17) is 14.2 Å². The fourth-order valence-electron chi connectivity index (χ4n) is 4.44. The van der Waals surface area contributed by atoms with Crippen LogP contribution in [-0.2, 0) is 22.8 Å². The van der Waals surface area contributed by atoms with Crippen LogP contribution in [0.15, 0.2) is 96.6 Å². The third-order valence-electron chi connectivity index (χ3n) is 6.72. The lowest BCUT2D eigenvalue weighted by molar-refractivity contribution is -0.122. The molecule has 0 atom stereocenters. The van der Waals surface area contributed by atoms with Gasteiger partial charge in [-0.15, -0.1) is 0 Å². The number of hydrogen-bond donors (Lipinski definition) is 1. The van der Waals surface area contributed by atoms with Gasteiger partial charge in [0.05, 0.1) is 12.8 Å². The van der Waals surface area contributed by atoms with Crippen LogP contribution in [-0.4, -0.2) is 25.0 Å². The van der Waals surface area contributed by atoms with Gasteiger partial charge in [0.15, 0.2) is 0 Å². The van der Waals surface area contributed by atoms with E-state index in [0.29, 0.717) is 35.1 Å². The van der Waals surface area contributed by atoms with Crippen LogP contribution >= 0.6 is 0 Å². The number of imide groups is 2. The maximum atomic E-state index is 13.5. The van der Waals surface area contributed by atoms with Gasteiger partial charge in [0.2, 0.25) is 0 Å². The molecule has 0 spiro atoms. The predicted octanol–water partition coefficient (Wildman–Crippen LogP) is 6.14. The first-order valence-corrected chi connectivity index (χ1v) is 13.4. The first-order chi connectivity index (χ1) is 20.3. The van der Waals surface area contributed by atoms with Crippen LogP contribution < -0.4 is 24.4 Å². The summed E-state index contributed by atoms with van der Waals surface area (Å²) in [6.07, 6.45) is 1.42. The number of carbonyl (C=O) groups is 3. The van der Waals surface area contributed by atoms with E-state index in [0.717, 1.165) is 27.2 Å². The molecule has 1 N–H and O–H groups in total. The molecule has 1 fully saturated rings. The molecule has 1 saturated heterocycles. The Kier molecular flexibility index (Phi) is 8.34. The van der Waals surface area contributed by atoms with Crippen molar-refractivity contribution >= 4 is 29.6 Å². The van der Waals surface area contributed by atoms with Crippen LogP contribution in [0, 0.1) is 13.8 Å². The Labute approximate surface area is 244 Å². The number of aryl methyl sites for hydroxylation is 2. The molecule has 0 aliphatic carbocycles. The molecule has 5 rings (SSSR count). The quantitative estimate of drug-likeness (QED) is 0.195. The second kappa shape index (κ2) is 12.4. The Hall–Kier alpha value is -5.37. The van der Waals surface area contributed by atoms with Gasteiger partial charge in [-0.05, 0) is 67.4 Å². The van der Waals surface area contributed by atoms with Gasteiger partial charge in [-0.25, -0.2) is 9.69 Å². The minimum absolute atomic E-state index is 0.208. The van der Waals surface area contributed by atoms with Crippen LogP contribution in [0.2, 0.25) is 0 Å². The second-order valence-electron chi connectivity index (χ2n) is 9.91. The van der Waals surface area contributed by atoms with E-state index < -0.39 is 17.8 Å². The van der Waals surface area contributed by atoms with Crippen molar-refractivity contribution in [2.75, 3.05) is 12.0 Å². The van der Waals surface area contributed by atoms with Gasteiger partial charge in [0.25, 0.3) is 11.8 Å². The summed E-state index contributed by atoms with van der Waals surface area (Å²) in [5.41, 5.74) is 4.82. The van der Waals surface area contributed by atoms with Gasteiger partial charge in [-0.3, -0.25) is 14.9 Å². The molecular weight excluding hydrogens is 532 g/mol. The van der Waals surface area contributed by atoms with Gasteiger partial charge < -0.3 is 14.2 Å². The molecule has 0 bridgehead atoms. The zero-order valence-electron chi connectivity index (χ0n) is 23.5. The van der Waals surface area contributed by atoms with Crippen LogP contribution in [0.25, 0.3) is 6.08 Å². The third kappa shape index (κ3) is 6.50. The summed E-state index contributed by atoms with van der Waals surface area (Å²) < 4.78 is 17.3. The molecule has 0 radical (unpaired) electrons. The van der Waals surface area contributed by atoms with E-state index in [1.165, 1.54) is 13.2 Å². The molecular formula is C34H30N2O6. The van der Waals surface area contributed by atoms with Crippen LogP contribution in [0.4, 0.5) is 10.5 Å². The lowest BCUT2D eigenvalue weighted by Gasteiger charge is -2.26. The maximum Gasteiger partial charge on any atom is 0.335 e. The number of benzene rings is 4. The number of anilines is 1. The molecule has 0 unspecified atom stereocenters. The first-order valence-electron chi connectivity index (χ1n) is 13.4. The first kappa shape index (κ1) is 28.2. The smallest absolute Gasteiger partial charge is 0.335 e. The Balaban J connectivity index is 1.36. The predicted molar refractivity (Wildman–Crippen MR) is 159 cm³/mol. The highest BCUT2D eigenvalue weighted by molar-refractivity contribution is 6.39. The van der Waals surface area contributed by atoms with Crippen molar-refractivity contribution in [3.63, 3.8) is 0 Å². The van der Waals surface area contributed by atoms with Gasteiger partial charge >= 0.3 is 6.03 Å². The average Bonchev–Trinajstić information content (AvgIpc) is 2.99. The van der Waals surface area contributed by atoms with Crippen molar-refractivity contribution in [1.82, 2.24) is 5.32 Å². The number of carbonyl (C=O) groups excluding carboxylic acids is 3. The van der Waals surface area contributed by atoms with Gasteiger partial charge in [0, 0.05) is 11.6 Å². The largest absolute Gasteiger partial charge is 0.497 e. The molecule has 1 aliphatic heterocycles. The van der Waals surface area contributed by atoms with Crippen molar-refractivity contribution < 1.29 is 28.6 Å². The van der Waals surface area contributed by atoms with E-state index >= 15 is 0 Å². The van der Waals surface area contributed by atoms with Gasteiger partial charge in [-0.2, -0.15) is 0 Å². The second-order valence-corrected chi connectivity index (χ2v) is 9.91. The normalized spacial score (nSPS) is 14.1. The summed E-state index contributed by atoms with van der Waals surface area (Å²) in [5, 5.41) is 2.26. The number of hydrogen-bond acceptors (Lipinski definition) is 6. The Morgan fingerprint density at radius 3 is 2.17 bits per heavy atom. The summed E-state index contributed by atoms with van der Waals surface area (Å²) in [6, 6.07) is 26.7. The van der Waals surface area contributed by atoms with Crippen molar-refractivity contribution in [2.24, 2.45) is 0 Å². The molecule has 212 valence electrons. The van der Waals surface area contributed by atoms with E-state index in [-0.39, 0.29) is 12.2 Å². The highest BCUT2D eigenvalue weighted by Gasteiger charge is 2.37. The van der Waals surface area contributed by atoms with Gasteiger partial charge in [0.1, 0.15) is 36.0 Å². The van der Waals surface area contributed by atoms with Crippen LogP contribution in [0.1, 0.15) is 27.8 Å². The number of nitrogens with one attached hydrogen (secondary N) is 1. The van der Waals surface area contributed by atoms with Crippen molar-refractivity contribution in [1.29, 1.82) is 0 Å². The number of barbiturate groups is 1. The number of urea groups is 1. The summed E-state index contributed by atoms with van der Waals surface area (Å²) in [7, 11) is 1.54. The zero-order valence-corrected chi connectivity index (χ0v) is 23.5. The number of methoxy groups -OCH3 is 1.